The normalized spacial score (nSPS) is 11.1. The van der Waals surface area contributed by atoms with Crippen LogP contribution in [-0.4, -0.2) is 15.9 Å². The summed E-state index contributed by atoms with van der Waals surface area (Å²) < 4.78 is 4.98. The standard InChI is InChI=1S/C17H13N3O3/c21-16(8-10-1-2-11-5-6-18-14(11)7-10)19-12-3-4-13-15(9-12)23-17(22)20-13/h1-7,9,18H,8H2,(H,19,21)(H,20,22). The van der Waals surface area contributed by atoms with E-state index in [4.69, 9.17) is 4.42 Å². The number of anilines is 1. The number of amides is 1. The van der Waals surface area contributed by atoms with Crippen molar-refractivity contribution in [3.05, 3.63) is 64.8 Å². The molecule has 1 amide bonds. The lowest BCUT2D eigenvalue weighted by atomic mass is 10.1. The van der Waals surface area contributed by atoms with Gasteiger partial charge in [0.2, 0.25) is 5.91 Å². The second-order valence-electron chi connectivity index (χ2n) is 5.35. The van der Waals surface area contributed by atoms with E-state index >= 15 is 0 Å². The molecular weight excluding hydrogens is 294 g/mol. The van der Waals surface area contributed by atoms with Crippen molar-refractivity contribution in [2.24, 2.45) is 0 Å². The van der Waals surface area contributed by atoms with Crippen molar-refractivity contribution in [1.29, 1.82) is 0 Å². The van der Waals surface area contributed by atoms with Crippen molar-refractivity contribution in [3.8, 4) is 0 Å². The number of carbonyl (C=O) groups is 1. The highest BCUT2D eigenvalue weighted by atomic mass is 16.4. The van der Waals surface area contributed by atoms with E-state index in [0.717, 1.165) is 16.5 Å². The fraction of sp³-hybridized carbons (Fsp3) is 0.0588. The molecule has 0 aliphatic rings. The smallest absolute Gasteiger partial charge is 0.408 e. The maximum Gasteiger partial charge on any atom is 0.417 e. The number of aromatic nitrogens is 2. The van der Waals surface area contributed by atoms with Crippen LogP contribution in [0.3, 0.4) is 0 Å². The Kier molecular flexibility index (Phi) is 3.01. The molecule has 0 unspecified atom stereocenters. The fourth-order valence-corrected chi connectivity index (χ4v) is 2.62. The van der Waals surface area contributed by atoms with Gasteiger partial charge in [0.15, 0.2) is 5.58 Å². The maximum absolute atomic E-state index is 12.2. The Morgan fingerprint density at radius 3 is 2.91 bits per heavy atom. The van der Waals surface area contributed by atoms with Crippen LogP contribution in [0, 0.1) is 0 Å². The summed E-state index contributed by atoms with van der Waals surface area (Å²) in [6, 6.07) is 12.9. The highest BCUT2D eigenvalue weighted by Gasteiger charge is 2.07. The number of hydrogen-bond donors (Lipinski definition) is 3. The van der Waals surface area contributed by atoms with Gasteiger partial charge in [-0.15, -0.1) is 0 Å². The van der Waals surface area contributed by atoms with Crippen LogP contribution < -0.4 is 11.1 Å². The van der Waals surface area contributed by atoms with Crippen LogP contribution >= 0.6 is 0 Å². The molecule has 0 radical (unpaired) electrons. The monoisotopic (exact) mass is 307 g/mol. The van der Waals surface area contributed by atoms with Crippen LogP contribution in [0.15, 0.2) is 57.9 Å². The summed E-state index contributed by atoms with van der Waals surface area (Å²) in [4.78, 5) is 29.0. The van der Waals surface area contributed by atoms with Crippen LogP contribution in [-0.2, 0) is 11.2 Å². The fourth-order valence-electron chi connectivity index (χ4n) is 2.62. The number of H-pyrrole nitrogens is 2. The van der Waals surface area contributed by atoms with Gasteiger partial charge in [0.1, 0.15) is 0 Å². The predicted octanol–water partition coefficient (Wildman–Crippen LogP) is 2.78. The van der Waals surface area contributed by atoms with E-state index in [-0.39, 0.29) is 12.3 Å². The largest absolute Gasteiger partial charge is 0.417 e. The number of carbonyl (C=O) groups excluding carboxylic acids is 1. The first-order chi connectivity index (χ1) is 11.2. The summed E-state index contributed by atoms with van der Waals surface area (Å²) in [7, 11) is 0. The molecule has 0 saturated heterocycles. The highest BCUT2D eigenvalue weighted by Crippen LogP contribution is 2.18. The second kappa shape index (κ2) is 5.17. The molecule has 0 spiro atoms. The van der Waals surface area contributed by atoms with Gasteiger partial charge in [-0.2, -0.15) is 0 Å². The summed E-state index contributed by atoms with van der Waals surface area (Å²) in [5.74, 6) is -0.643. The van der Waals surface area contributed by atoms with Gasteiger partial charge in [-0.1, -0.05) is 12.1 Å². The van der Waals surface area contributed by atoms with E-state index in [9.17, 15) is 9.59 Å². The van der Waals surface area contributed by atoms with Crippen LogP contribution in [0.25, 0.3) is 22.0 Å². The molecule has 0 atom stereocenters. The quantitative estimate of drug-likeness (QED) is 0.543. The lowest BCUT2D eigenvalue weighted by Gasteiger charge is -2.05. The van der Waals surface area contributed by atoms with Gasteiger partial charge in [-0.05, 0) is 35.2 Å². The van der Waals surface area contributed by atoms with E-state index < -0.39 is 5.76 Å². The third-order valence-corrected chi connectivity index (χ3v) is 3.69. The van der Waals surface area contributed by atoms with Gasteiger partial charge in [-0.3, -0.25) is 9.78 Å². The molecule has 4 aromatic rings. The number of benzene rings is 2. The minimum Gasteiger partial charge on any atom is -0.408 e. The van der Waals surface area contributed by atoms with E-state index in [2.05, 4.69) is 15.3 Å². The Hall–Kier alpha value is -3.28. The summed E-state index contributed by atoms with van der Waals surface area (Å²) in [6.45, 7) is 0. The molecule has 4 rings (SSSR count). The van der Waals surface area contributed by atoms with Crippen LogP contribution in [0.5, 0.6) is 0 Å². The first-order valence-electron chi connectivity index (χ1n) is 7.16. The minimum atomic E-state index is -0.511. The van der Waals surface area contributed by atoms with Crippen molar-refractivity contribution < 1.29 is 9.21 Å². The molecule has 0 bridgehead atoms. The molecule has 3 N–H and O–H groups in total. The third-order valence-electron chi connectivity index (χ3n) is 3.69. The van der Waals surface area contributed by atoms with E-state index in [1.165, 1.54) is 0 Å². The molecule has 23 heavy (non-hydrogen) atoms. The Morgan fingerprint density at radius 1 is 1.09 bits per heavy atom. The zero-order valence-electron chi connectivity index (χ0n) is 12.1. The average Bonchev–Trinajstić information content (AvgIpc) is 3.11. The molecule has 2 aromatic carbocycles. The van der Waals surface area contributed by atoms with Crippen LogP contribution in [0.2, 0.25) is 0 Å². The molecule has 2 aromatic heterocycles. The zero-order valence-corrected chi connectivity index (χ0v) is 12.1. The molecular formula is C17H13N3O3. The summed E-state index contributed by atoms with van der Waals surface area (Å²) in [5, 5.41) is 3.92. The topological polar surface area (TPSA) is 90.9 Å². The summed E-state index contributed by atoms with van der Waals surface area (Å²) >= 11 is 0. The lowest BCUT2D eigenvalue weighted by Crippen LogP contribution is -2.14. The van der Waals surface area contributed by atoms with Gasteiger partial charge in [0.25, 0.3) is 0 Å². The van der Waals surface area contributed by atoms with Crippen LogP contribution in [0.1, 0.15) is 5.56 Å². The van der Waals surface area contributed by atoms with E-state index in [0.29, 0.717) is 16.8 Å². The first-order valence-corrected chi connectivity index (χ1v) is 7.16. The second-order valence-corrected chi connectivity index (χ2v) is 5.35. The maximum atomic E-state index is 12.2. The summed E-state index contributed by atoms with van der Waals surface area (Å²) in [5.41, 5.74) is 3.54. The molecule has 0 fully saturated rings. The van der Waals surface area contributed by atoms with E-state index in [1.54, 1.807) is 18.2 Å². The minimum absolute atomic E-state index is 0.131. The molecule has 0 saturated carbocycles. The SMILES string of the molecule is O=C(Cc1ccc2cc[nH]c2c1)Nc1ccc2[nH]c(=O)oc2c1. The van der Waals surface area contributed by atoms with Gasteiger partial charge in [0, 0.05) is 23.5 Å². The third kappa shape index (κ3) is 2.62. The molecule has 6 nitrogen and oxygen atoms in total. The zero-order chi connectivity index (χ0) is 15.8. The number of aromatic amines is 2. The average molecular weight is 307 g/mol. The van der Waals surface area contributed by atoms with Gasteiger partial charge in [0.05, 0.1) is 11.9 Å². The highest BCUT2D eigenvalue weighted by molar-refractivity contribution is 5.94. The Balaban J connectivity index is 1.52. The number of hydrogen-bond acceptors (Lipinski definition) is 3. The van der Waals surface area contributed by atoms with Crippen molar-refractivity contribution >= 4 is 33.6 Å². The van der Waals surface area contributed by atoms with Crippen molar-refractivity contribution in [1.82, 2.24) is 9.97 Å². The Labute approximate surface area is 130 Å². The van der Waals surface area contributed by atoms with Gasteiger partial charge in [-0.25, -0.2) is 4.79 Å². The number of fused-ring (bicyclic) bond motifs is 2. The molecule has 2 heterocycles. The Morgan fingerprint density at radius 2 is 2.00 bits per heavy atom. The number of nitrogens with one attached hydrogen (secondary N) is 3. The van der Waals surface area contributed by atoms with Crippen molar-refractivity contribution in [2.45, 2.75) is 6.42 Å². The van der Waals surface area contributed by atoms with Crippen molar-refractivity contribution in [2.75, 3.05) is 5.32 Å². The number of oxazole rings is 1. The Bertz CT molecular complexity index is 1070. The molecule has 114 valence electrons. The van der Waals surface area contributed by atoms with Gasteiger partial charge >= 0.3 is 5.76 Å². The van der Waals surface area contributed by atoms with Crippen molar-refractivity contribution in [3.63, 3.8) is 0 Å². The molecule has 0 aliphatic heterocycles. The van der Waals surface area contributed by atoms with Crippen LogP contribution in [0.4, 0.5) is 5.69 Å². The van der Waals surface area contributed by atoms with E-state index in [1.807, 2.05) is 30.5 Å². The molecule has 0 aliphatic carbocycles. The summed E-state index contributed by atoms with van der Waals surface area (Å²) in [6.07, 6.45) is 2.14. The predicted molar refractivity (Wildman–Crippen MR) is 87.5 cm³/mol. The molecule has 6 heteroatoms. The lowest BCUT2D eigenvalue weighted by molar-refractivity contribution is -0.115. The first kappa shape index (κ1) is 13.4. The van der Waals surface area contributed by atoms with Gasteiger partial charge < -0.3 is 14.7 Å². The number of rotatable bonds is 3.